The molecule has 0 bridgehead atoms. The minimum atomic E-state index is 0.645. The van der Waals surface area contributed by atoms with Crippen molar-refractivity contribution in [2.45, 2.75) is 0 Å². The summed E-state index contributed by atoms with van der Waals surface area (Å²) < 4.78 is 2.38. The molecule has 0 saturated heterocycles. The normalized spacial score (nSPS) is 11.4. The molecule has 0 atom stereocenters. The number of hydrogen-bond acceptors (Lipinski definition) is 6. The quantitative estimate of drug-likeness (QED) is 0.192. The van der Waals surface area contributed by atoms with Crippen LogP contribution >= 0.6 is 11.3 Å². The molecule has 0 aliphatic heterocycles. The molecule has 9 rings (SSSR count). The fraction of sp³-hybridized carbons (Fsp3) is 0. The fourth-order valence-corrected chi connectivity index (χ4v) is 7.06. The molecule has 47 heavy (non-hydrogen) atoms. The first-order valence-corrected chi connectivity index (χ1v) is 16.2. The molecule has 0 aliphatic rings. The standard InChI is InChI=1S/C41H25N5S/c1-3-8-28(9-4-1)39-44-40(29-10-5-2-6-11-29)46-41(45-39)30-17-13-26(14-18-30)31-19-15-27-16-20-32(23-33(27)22-31)35-24-37-34(25-43-35)38-36(47-37)12-7-21-42-38/h1-25H. The Morgan fingerprint density at radius 3 is 1.66 bits per heavy atom. The minimum absolute atomic E-state index is 0.645. The van der Waals surface area contributed by atoms with Gasteiger partial charge < -0.3 is 0 Å². The van der Waals surface area contributed by atoms with Gasteiger partial charge in [0.1, 0.15) is 0 Å². The number of fused-ring (bicyclic) bond motifs is 4. The third-order valence-electron chi connectivity index (χ3n) is 8.42. The smallest absolute Gasteiger partial charge is 0.164 e. The number of pyridine rings is 2. The molecule has 4 heterocycles. The molecule has 0 radical (unpaired) electrons. The van der Waals surface area contributed by atoms with Gasteiger partial charge in [0, 0.05) is 44.7 Å². The van der Waals surface area contributed by atoms with Crippen LogP contribution in [-0.2, 0) is 0 Å². The van der Waals surface area contributed by atoms with Crippen LogP contribution in [0.2, 0.25) is 0 Å². The van der Waals surface area contributed by atoms with Crippen LogP contribution in [0.15, 0.2) is 152 Å². The van der Waals surface area contributed by atoms with Crippen molar-refractivity contribution in [2.75, 3.05) is 0 Å². The van der Waals surface area contributed by atoms with E-state index in [1.807, 2.05) is 79.1 Å². The summed E-state index contributed by atoms with van der Waals surface area (Å²) in [5.74, 6) is 1.95. The van der Waals surface area contributed by atoms with Crippen LogP contribution in [0.25, 0.3) is 87.6 Å². The molecular weight excluding hydrogens is 595 g/mol. The monoisotopic (exact) mass is 619 g/mol. The number of nitrogens with zero attached hydrogens (tertiary/aromatic N) is 5. The second-order valence-corrected chi connectivity index (χ2v) is 12.5. The predicted octanol–water partition coefficient (Wildman–Crippen LogP) is 10.5. The summed E-state index contributed by atoms with van der Waals surface area (Å²) in [6.45, 7) is 0. The van der Waals surface area contributed by atoms with Gasteiger partial charge in [-0.15, -0.1) is 11.3 Å². The lowest BCUT2D eigenvalue weighted by Crippen LogP contribution is -2.00. The summed E-state index contributed by atoms with van der Waals surface area (Å²) >= 11 is 1.76. The van der Waals surface area contributed by atoms with Gasteiger partial charge >= 0.3 is 0 Å². The largest absolute Gasteiger partial charge is 0.255 e. The van der Waals surface area contributed by atoms with Crippen LogP contribution in [-0.4, -0.2) is 24.9 Å². The molecule has 5 aromatic carbocycles. The lowest BCUT2D eigenvalue weighted by molar-refractivity contribution is 1.07. The minimum Gasteiger partial charge on any atom is -0.255 e. The highest BCUT2D eigenvalue weighted by molar-refractivity contribution is 7.25. The van der Waals surface area contributed by atoms with Crippen molar-refractivity contribution in [1.82, 2.24) is 24.9 Å². The van der Waals surface area contributed by atoms with Crippen LogP contribution in [0.3, 0.4) is 0 Å². The summed E-state index contributed by atoms with van der Waals surface area (Å²) in [5, 5.41) is 3.46. The first-order chi connectivity index (χ1) is 23.2. The highest BCUT2D eigenvalue weighted by Gasteiger charge is 2.13. The molecule has 0 spiro atoms. The van der Waals surface area contributed by atoms with Gasteiger partial charge in [0.25, 0.3) is 0 Å². The first kappa shape index (κ1) is 27.2. The molecule has 5 nitrogen and oxygen atoms in total. The average Bonchev–Trinajstić information content (AvgIpc) is 3.53. The van der Waals surface area contributed by atoms with E-state index in [4.69, 9.17) is 19.9 Å². The Labute approximate surface area is 275 Å². The van der Waals surface area contributed by atoms with Gasteiger partial charge in [-0.2, -0.15) is 0 Å². The van der Waals surface area contributed by atoms with E-state index in [9.17, 15) is 0 Å². The van der Waals surface area contributed by atoms with Gasteiger partial charge in [-0.05, 0) is 52.2 Å². The molecule has 0 fully saturated rings. The summed E-state index contributed by atoms with van der Waals surface area (Å²) in [6, 6.07) is 48.0. The zero-order valence-corrected chi connectivity index (χ0v) is 25.9. The first-order valence-electron chi connectivity index (χ1n) is 15.4. The SMILES string of the molecule is c1ccc(-c2nc(-c3ccccc3)nc(-c3ccc(-c4ccc5ccc(-c6cc7sc8cccnc8c7cn6)cc5c4)cc3)n2)cc1. The van der Waals surface area contributed by atoms with Crippen LogP contribution in [0.1, 0.15) is 0 Å². The molecule has 220 valence electrons. The van der Waals surface area contributed by atoms with E-state index in [-0.39, 0.29) is 0 Å². The number of thiophene rings is 1. The molecule has 0 N–H and O–H groups in total. The van der Waals surface area contributed by atoms with Gasteiger partial charge in [0.15, 0.2) is 17.5 Å². The number of hydrogen-bond donors (Lipinski definition) is 0. The van der Waals surface area contributed by atoms with Crippen LogP contribution in [0.4, 0.5) is 0 Å². The Kier molecular flexibility index (Phi) is 6.58. The predicted molar refractivity (Wildman–Crippen MR) is 193 cm³/mol. The van der Waals surface area contributed by atoms with E-state index in [1.54, 1.807) is 11.3 Å². The second kappa shape index (κ2) is 11.4. The number of aromatic nitrogens is 5. The van der Waals surface area contributed by atoms with Crippen molar-refractivity contribution >= 4 is 42.4 Å². The van der Waals surface area contributed by atoms with E-state index in [0.29, 0.717) is 17.5 Å². The van der Waals surface area contributed by atoms with E-state index in [0.717, 1.165) is 50.0 Å². The molecule has 0 aliphatic carbocycles. The molecular formula is C41H25N5S. The van der Waals surface area contributed by atoms with Crippen molar-refractivity contribution in [3.05, 3.63) is 152 Å². The number of rotatable bonds is 5. The van der Waals surface area contributed by atoms with Gasteiger partial charge in [0.2, 0.25) is 0 Å². The Hall–Kier alpha value is -6.11. The highest BCUT2D eigenvalue weighted by Crippen LogP contribution is 2.35. The van der Waals surface area contributed by atoms with Gasteiger partial charge in [-0.25, -0.2) is 15.0 Å². The van der Waals surface area contributed by atoms with E-state index in [1.165, 1.54) is 20.2 Å². The van der Waals surface area contributed by atoms with Crippen molar-refractivity contribution < 1.29 is 0 Å². The molecule has 0 amide bonds. The molecule has 4 aromatic heterocycles. The van der Waals surface area contributed by atoms with E-state index in [2.05, 4.69) is 77.8 Å². The second-order valence-electron chi connectivity index (χ2n) is 11.4. The zero-order chi connectivity index (χ0) is 31.2. The Bertz CT molecular complexity index is 2500. The maximum absolute atomic E-state index is 4.88. The summed E-state index contributed by atoms with van der Waals surface area (Å²) in [5.41, 5.74) is 8.19. The topological polar surface area (TPSA) is 64.5 Å². The van der Waals surface area contributed by atoms with Crippen molar-refractivity contribution in [1.29, 1.82) is 0 Å². The Balaban J connectivity index is 1.06. The Morgan fingerprint density at radius 1 is 0.404 bits per heavy atom. The maximum atomic E-state index is 4.88. The van der Waals surface area contributed by atoms with Crippen molar-refractivity contribution in [3.8, 4) is 56.5 Å². The van der Waals surface area contributed by atoms with Crippen LogP contribution in [0, 0.1) is 0 Å². The summed E-state index contributed by atoms with van der Waals surface area (Å²) in [6.07, 6.45) is 3.80. The third-order valence-corrected chi connectivity index (χ3v) is 9.53. The van der Waals surface area contributed by atoms with E-state index < -0.39 is 0 Å². The highest BCUT2D eigenvalue weighted by atomic mass is 32.1. The third kappa shape index (κ3) is 5.11. The number of benzene rings is 5. The van der Waals surface area contributed by atoms with Crippen LogP contribution < -0.4 is 0 Å². The van der Waals surface area contributed by atoms with Crippen molar-refractivity contribution in [3.63, 3.8) is 0 Å². The van der Waals surface area contributed by atoms with Gasteiger partial charge in [0.05, 0.1) is 15.9 Å². The molecule has 0 saturated carbocycles. The van der Waals surface area contributed by atoms with Gasteiger partial charge in [-0.1, -0.05) is 109 Å². The lowest BCUT2D eigenvalue weighted by Gasteiger charge is -2.10. The maximum Gasteiger partial charge on any atom is 0.164 e. The summed E-state index contributed by atoms with van der Waals surface area (Å²) in [4.78, 5) is 24.0. The van der Waals surface area contributed by atoms with Crippen molar-refractivity contribution in [2.24, 2.45) is 0 Å². The average molecular weight is 620 g/mol. The van der Waals surface area contributed by atoms with Gasteiger partial charge in [-0.3, -0.25) is 9.97 Å². The van der Waals surface area contributed by atoms with Crippen LogP contribution in [0.5, 0.6) is 0 Å². The molecule has 9 aromatic rings. The fourth-order valence-electron chi connectivity index (χ4n) is 5.99. The van der Waals surface area contributed by atoms with E-state index >= 15 is 0 Å². The molecule has 6 heteroatoms. The molecule has 0 unspecified atom stereocenters. The zero-order valence-electron chi connectivity index (χ0n) is 25.1. The lowest BCUT2D eigenvalue weighted by atomic mass is 9.98. The Morgan fingerprint density at radius 2 is 0.979 bits per heavy atom. The summed E-state index contributed by atoms with van der Waals surface area (Å²) in [7, 11) is 0.